The van der Waals surface area contributed by atoms with E-state index in [0.717, 1.165) is 10.3 Å². The van der Waals surface area contributed by atoms with E-state index in [0.29, 0.717) is 5.57 Å². The van der Waals surface area contributed by atoms with Gasteiger partial charge in [0.1, 0.15) is 27.9 Å². The van der Waals surface area contributed by atoms with E-state index in [1.165, 1.54) is 25.6 Å². The number of rotatable bonds is 9. The number of carboxylic acid groups (broad SMARTS) is 2. The van der Waals surface area contributed by atoms with Crippen LogP contribution in [0.25, 0.3) is 0 Å². The molecule has 4 heterocycles. The van der Waals surface area contributed by atoms with E-state index in [1.54, 1.807) is 29.1 Å². The van der Waals surface area contributed by atoms with Gasteiger partial charge in [-0.1, -0.05) is 11.2 Å². The molecule has 1 saturated heterocycles. The number of amidine groups is 1. The number of carbonyl (C=O) groups is 4. The average molecular weight is 563 g/mol. The third-order valence-corrected chi connectivity index (χ3v) is 7.95. The third kappa shape index (κ3) is 5.17. The molecule has 1 aromatic rings. The summed E-state index contributed by atoms with van der Waals surface area (Å²) in [5.74, 6) is -4.31. The first-order chi connectivity index (χ1) is 17.9. The lowest BCUT2D eigenvalue weighted by atomic mass is 10.0. The van der Waals surface area contributed by atoms with Gasteiger partial charge in [0.25, 0.3) is 11.8 Å². The molecule has 4 N–H and O–H groups in total. The molecule has 1 aromatic heterocycles. The predicted molar refractivity (Wildman–Crippen MR) is 132 cm³/mol. The van der Waals surface area contributed by atoms with Crippen molar-refractivity contribution in [3.05, 3.63) is 53.0 Å². The minimum atomic E-state index is -1.84. The van der Waals surface area contributed by atoms with Crippen molar-refractivity contribution in [2.24, 2.45) is 15.9 Å². The molecule has 3 aliphatic rings. The molecule has 3 aliphatic heterocycles. The molecule has 0 bridgehead atoms. The SMILES string of the molecule is CC(C)(O/N=C(\C(=O)N[C@@H]1C(=O)N2C(C(=O)[O-])=C(C[n+]3ccccc3)CS[C@H]12)C1=CS(=O)C(N)=N1)C(=O)O. The number of hydrogen-bond donors (Lipinski definition) is 3. The number of amides is 2. The van der Waals surface area contributed by atoms with E-state index in [-0.39, 0.29) is 28.9 Å². The number of aromatic nitrogens is 1. The summed E-state index contributed by atoms with van der Waals surface area (Å²) in [6.45, 7) is 2.61. The number of oxime groups is 1. The summed E-state index contributed by atoms with van der Waals surface area (Å²) in [6.07, 6.45) is 3.51. The molecule has 200 valence electrons. The molecule has 1 fully saturated rings. The van der Waals surface area contributed by atoms with E-state index >= 15 is 0 Å². The van der Waals surface area contributed by atoms with Gasteiger partial charge in [0, 0.05) is 28.9 Å². The second-order valence-electron chi connectivity index (χ2n) is 8.75. The Labute approximate surface area is 222 Å². The number of nitrogens with two attached hydrogens (primary N) is 1. The minimum Gasteiger partial charge on any atom is -0.543 e. The van der Waals surface area contributed by atoms with Crippen LogP contribution in [-0.2, 0) is 41.4 Å². The first kappa shape index (κ1) is 27.0. The van der Waals surface area contributed by atoms with Crippen LogP contribution in [-0.4, -0.2) is 71.6 Å². The molecule has 38 heavy (non-hydrogen) atoms. The second kappa shape index (κ2) is 10.4. The number of aliphatic imine (C=N–C) groups is 1. The van der Waals surface area contributed by atoms with Crippen LogP contribution in [0.5, 0.6) is 0 Å². The molecule has 14 nitrogen and oxygen atoms in total. The molecule has 0 aromatic carbocycles. The Morgan fingerprint density at radius 1 is 1.37 bits per heavy atom. The van der Waals surface area contributed by atoms with Crippen molar-refractivity contribution in [1.29, 1.82) is 0 Å². The molecule has 16 heteroatoms. The lowest BCUT2D eigenvalue weighted by Crippen LogP contribution is -2.71. The van der Waals surface area contributed by atoms with Crippen LogP contribution in [0.2, 0.25) is 0 Å². The van der Waals surface area contributed by atoms with Gasteiger partial charge in [-0.25, -0.2) is 18.6 Å². The van der Waals surface area contributed by atoms with Gasteiger partial charge in [-0.2, -0.15) is 0 Å². The molecule has 2 amide bonds. The fourth-order valence-corrected chi connectivity index (χ4v) is 5.64. The number of carboxylic acids is 2. The number of hydrogen-bond acceptors (Lipinski definition) is 11. The standard InChI is InChI=1S/C22H22N6O8S2/c1-22(2,20(33)34)36-26-13(12-10-38(35)21(23)24-12)16(29)25-14-17(30)28-15(19(31)32)11(9-37-18(14)28)8-27-6-4-3-5-7-27/h3-7,10,14,18H,8-9H2,1-2H3,(H4-,23,24,25,29,31,32,33,34)/b26-13-/t14-,18-,38?/m1/s1. The lowest BCUT2D eigenvalue weighted by Gasteiger charge is -2.50. The first-order valence-electron chi connectivity index (χ1n) is 11.0. The van der Waals surface area contributed by atoms with Gasteiger partial charge in [-0.3, -0.25) is 14.5 Å². The van der Waals surface area contributed by atoms with Crippen LogP contribution in [0.1, 0.15) is 13.8 Å². The zero-order valence-corrected chi connectivity index (χ0v) is 21.7. The smallest absolute Gasteiger partial charge is 0.350 e. The van der Waals surface area contributed by atoms with Gasteiger partial charge in [-0.05, 0) is 13.8 Å². The third-order valence-electron chi connectivity index (χ3n) is 5.67. The molecule has 1 unspecified atom stereocenters. The van der Waals surface area contributed by atoms with Crippen molar-refractivity contribution in [2.45, 2.75) is 37.4 Å². The summed E-state index contributed by atoms with van der Waals surface area (Å²) in [7, 11) is -1.84. The van der Waals surface area contributed by atoms with Crippen LogP contribution in [0.4, 0.5) is 0 Å². The van der Waals surface area contributed by atoms with E-state index in [9.17, 15) is 33.6 Å². The van der Waals surface area contributed by atoms with Crippen molar-refractivity contribution < 1.29 is 43.0 Å². The molecular formula is C22H22N6O8S2. The molecule has 0 spiro atoms. The number of aliphatic carboxylic acids is 2. The van der Waals surface area contributed by atoms with Gasteiger partial charge >= 0.3 is 5.97 Å². The van der Waals surface area contributed by atoms with Gasteiger partial charge in [-0.15, -0.1) is 11.8 Å². The Balaban J connectivity index is 1.56. The van der Waals surface area contributed by atoms with Crippen molar-refractivity contribution >= 4 is 57.2 Å². The zero-order valence-electron chi connectivity index (χ0n) is 20.0. The highest BCUT2D eigenvalue weighted by Gasteiger charge is 2.53. The van der Waals surface area contributed by atoms with Gasteiger partial charge < -0.3 is 30.9 Å². The van der Waals surface area contributed by atoms with E-state index < -0.39 is 57.3 Å². The summed E-state index contributed by atoms with van der Waals surface area (Å²) in [5, 5.41) is 27.3. The van der Waals surface area contributed by atoms with Crippen LogP contribution in [0.3, 0.4) is 0 Å². The van der Waals surface area contributed by atoms with Crippen molar-refractivity contribution in [2.75, 3.05) is 5.75 Å². The van der Waals surface area contributed by atoms with Crippen LogP contribution >= 0.6 is 11.8 Å². The molecule has 0 radical (unpaired) electrons. The average Bonchev–Trinajstić information content (AvgIpc) is 3.20. The summed E-state index contributed by atoms with van der Waals surface area (Å²) < 4.78 is 13.7. The van der Waals surface area contributed by atoms with Crippen LogP contribution < -0.4 is 20.7 Å². The lowest BCUT2D eigenvalue weighted by molar-refractivity contribution is -0.689. The highest BCUT2D eigenvalue weighted by molar-refractivity contribution is 8.03. The molecule has 4 rings (SSSR count). The van der Waals surface area contributed by atoms with Gasteiger partial charge in [0.15, 0.2) is 29.8 Å². The van der Waals surface area contributed by atoms with Crippen LogP contribution in [0.15, 0.2) is 63.1 Å². The molecule has 3 atom stereocenters. The van der Waals surface area contributed by atoms with Gasteiger partial charge in [0.2, 0.25) is 5.60 Å². The number of nitrogens with zero attached hydrogens (tertiary/aromatic N) is 4. The maximum absolute atomic E-state index is 13.1. The molecule has 0 aliphatic carbocycles. The molecule has 0 saturated carbocycles. The molecular weight excluding hydrogens is 540 g/mol. The van der Waals surface area contributed by atoms with Crippen molar-refractivity contribution in [3.63, 3.8) is 0 Å². The fraction of sp³-hybridized carbons (Fsp3) is 0.318. The number of fused-ring (bicyclic) bond motifs is 1. The number of carbonyl (C=O) groups excluding carboxylic acids is 3. The largest absolute Gasteiger partial charge is 0.543 e. The maximum Gasteiger partial charge on any atom is 0.350 e. The quantitative estimate of drug-likeness (QED) is 0.125. The highest BCUT2D eigenvalue weighted by Crippen LogP contribution is 2.40. The maximum atomic E-state index is 13.1. The van der Waals surface area contributed by atoms with E-state index in [1.807, 2.05) is 6.07 Å². The van der Waals surface area contributed by atoms with Crippen LogP contribution in [0, 0.1) is 0 Å². The summed E-state index contributed by atoms with van der Waals surface area (Å²) in [5.41, 5.74) is 3.12. The number of nitrogens with one attached hydrogen (secondary N) is 1. The Kier molecular flexibility index (Phi) is 7.37. The zero-order chi connectivity index (χ0) is 27.8. The normalized spacial score (nSPS) is 23.2. The second-order valence-corrected chi connectivity index (χ2v) is 11.1. The highest BCUT2D eigenvalue weighted by atomic mass is 32.2. The number of pyridine rings is 1. The van der Waals surface area contributed by atoms with Crippen molar-refractivity contribution in [1.82, 2.24) is 10.2 Å². The Morgan fingerprint density at radius 2 is 2.05 bits per heavy atom. The van der Waals surface area contributed by atoms with Crippen molar-refractivity contribution in [3.8, 4) is 0 Å². The summed E-state index contributed by atoms with van der Waals surface area (Å²) >= 11 is 1.25. The topological polar surface area (TPSA) is 208 Å². The van der Waals surface area contributed by atoms with Gasteiger partial charge in [0.05, 0.1) is 11.7 Å². The number of β-lactam (4-membered cyclic amide) rings is 1. The fourth-order valence-electron chi connectivity index (χ4n) is 3.63. The predicted octanol–water partition coefficient (Wildman–Crippen LogP) is -2.47. The number of thioether (sulfide) groups is 1. The minimum absolute atomic E-state index is 0.225. The first-order valence-corrected chi connectivity index (χ1v) is 13.3. The Bertz CT molecular complexity index is 1370. The van der Waals surface area contributed by atoms with E-state index in [4.69, 9.17) is 10.6 Å². The Hall–Kier alpha value is -4.05. The summed E-state index contributed by atoms with van der Waals surface area (Å²) in [6, 6.07) is 4.24. The Morgan fingerprint density at radius 3 is 2.63 bits per heavy atom. The monoisotopic (exact) mass is 562 g/mol. The summed E-state index contributed by atoms with van der Waals surface area (Å²) in [4.78, 5) is 59.4. The van der Waals surface area contributed by atoms with E-state index in [2.05, 4.69) is 15.5 Å².